The Hall–Kier alpha value is -3.76. The first kappa shape index (κ1) is 21.9. The Morgan fingerprint density at radius 3 is 1.81 bits per heavy atom. The molecular formula is C20H11F6NO4. The van der Waals surface area contributed by atoms with Crippen molar-refractivity contribution in [3.63, 3.8) is 0 Å². The van der Waals surface area contributed by atoms with E-state index in [-0.39, 0.29) is 11.5 Å². The van der Waals surface area contributed by atoms with Gasteiger partial charge in [-0.05, 0) is 59.7 Å². The van der Waals surface area contributed by atoms with E-state index in [9.17, 15) is 36.5 Å². The molecule has 0 aliphatic rings. The Balaban J connectivity index is 1.90. The minimum atomic E-state index is -4.85. The maximum atomic E-state index is 12.7. The Morgan fingerprint density at radius 2 is 1.29 bits per heavy atom. The molecule has 3 aromatic carbocycles. The fourth-order valence-electron chi connectivity index (χ4n) is 2.61. The SMILES string of the molecule is O=[N+]([O-])c1ccc(-c2ccc(OC(F)(F)F)cc2)cc1Oc1ccc(C(F)(F)F)cc1. The summed E-state index contributed by atoms with van der Waals surface area (Å²) >= 11 is 0. The lowest BCUT2D eigenvalue weighted by molar-refractivity contribution is -0.385. The zero-order chi connectivity index (χ0) is 22.8. The van der Waals surface area contributed by atoms with Crippen LogP contribution >= 0.6 is 0 Å². The second kappa shape index (κ2) is 8.17. The number of hydrogen-bond donors (Lipinski definition) is 0. The lowest BCUT2D eigenvalue weighted by Crippen LogP contribution is -2.16. The summed E-state index contributed by atoms with van der Waals surface area (Å²) in [5, 5.41) is 11.3. The minimum absolute atomic E-state index is 0.0674. The summed E-state index contributed by atoms with van der Waals surface area (Å²) in [5.41, 5.74) is -0.585. The molecule has 0 atom stereocenters. The van der Waals surface area contributed by atoms with Gasteiger partial charge in [0.2, 0.25) is 5.75 Å². The van der Waals surface area contributed by atoms with Crippen LogP contribution in [0.25, 0.3) is 11.1 Å². The molecule has 3 aromatic rings. The van der Waals surface area contributed by atoms with Crippen LogP contribution in [0, 0.1) is 10.1 Å². The van der Waals surface area contributed by atoms with Crippen molar-refractivity contribution in [1.29, 1.82) is 0 Å². The highest BCUT2D eigenvalue weighted by molar-refractivity contribution is 5.69. The second-order valence-corrected chi connectivity index (χ2v) is 6.14. The van der Waals surface area contributed by atoms with Crippen LogP contribution in [0.5, 0.6) is 17.2 Å². The number of alkyl halides is 6. The zero-order valence-corrected chi connectivity index (χ0v) is 15.2. The molecule has 0 aromatic heterocycles. The molecule has 0 aliphatic carbocycles. The number of halogens is 6. The standard InChI is InChI=1S/C20H11F6NO4/c21-19(22,23)14-4-8-15(9-5-14)30-18-11-13(3-10-17(18)27(28)29)12-1-6-16(7-2-12)31-20(24,25)26/h1-11H. The van der Waals surface area contributed by atoms with Crippen LogP contribution in [-0.4, -0.2) is 11.3 Å². The van der Waals surface area contributed by atoms with Crippen LogP contribution in [0.2, 0.25) is 0 Å². The fraction of sp³-hybridized carbons (Fsp3) is 0.100. The molecule has 0 heterocycles. The summed E-state index contributed by atoms with van der Waals surface area (Å²) in [6, 6.07) is 12.1. The molecule has 162 valence electrons. The van der Waals surface area contributed by atoms with Crippen molar-refractivity contribution in [2.24, 2.45) is 0 Å². The van der Waals surface area contributed by atoms with Gasteiger partial charge in [0.1, 0.15) is 11.5 Å². The van der Waals surface area contributed by atoms with Gasteiger partial charge in [-0.2, -0.15) is 13.2 Å². The van der Waals surface area contributed by atoms with E-state index in [0.29, 0.717) is 11.1 Å². The molecule has 0 saturated carbocycles. The molecule has 31 heavy (non-hydrogen) atoms. The van der Waals surface area contributed by atoms with E-state index in [4.69, 9.17) is 4.74 Å². The summed E-state index contributed by atoms with van der Waals surface area (Å²) < 4.78 is 84.0. The average molecular weight is 443 g/mol. The molecule has 0 bridgehead atoms. The summed E-state index contributed by atoms with van der Waals surface area (Å²) in [4.78, 5) is 10.5. The van der Waals surface area contributed by atoms with Crippen molar-refractivity contribution in [3.05, 3.63) is 82.4 Å². The van der Waals surface area contributed by atoms with E-state index in [2.05, 4.69) is 4.74 Å². The van der Waals surface area contributed by atoms with Crippen LogP contribution in [0.3, 0.4) is 0 Å². The molecule has 0 spiro atoms. The van der Waals surface area contributed by atoms with Gasteiger partial charge in [0, 0.05) is 6.07 Å². The molecule has 0 amide bonds. The highest BCUT2D eigenvalue weighted by atomic mass is 19.4. The van der Waals surface area contributed by atoms with Gasteiger partial charge in [-0.25, -0.2) is 0 Å². The monoisotopic (exact) mass is 443 g/mol. The van der Waals surface area contributed by atoms with Crippen LogP contribution in [0.15, 0.2) is 66.7 Å². The first-order valence-electron chi connectivity index (χ1n) is 8.42. The topological polar surface area (TPSA) is 61.6 Å². The smallest absolute Gasteiger partial charge is 0.450 e. The molecular weight excluding hydrogens is 432 g/mol. The van der Waals surface area contributed by atoms with E-state index in [0.717, 1.165) is 42.5 Å². The molecule has 3 rings (SSSR count). The molecule has 0 radical (unpaired) electrons. The predicted molar refractivity (Wildman–Crippen MR) is 96.7 cm³/mol. The maximum absolute atomic E-state index is 12.7. The largest absolute Gasteiger partial charge is 0.573 e. The highest BCUT2D eigenvalue weighted by Crippen LogP contribution is 2.37. The minimum Gasteiger partial charge on any atom is -0.450 e. The second-order valence-electron chi connectivity index (χ2n) is 6.14. The van der Waals surface area contributed by atoms with Crippen LogP contribution in [-0.2, 0) is 6.18 Å². The van der Waals surface area contributed by atoms with Gasteiger partial charge < -0.3 is 9.47 Å². The van der Waals surface area contributed by atoms with Crippen molar-refractivity contribution in [3.8, 4) is 28.4 Å². The number of nitro benzene ring substituents is 1. The van der Waals surface area contributed by atoms with E-state index >= 15 is 0 Å². The van der Waals surface area contributed by atoms with E-state index in [1.165, 1.54) is 24.3 Å². The summed E-state index contributed by atoms with van der Waals surface area (Å²) in [5.74, 6) is -0.764. The van der Waals surface area contributed by atoms with E-state index in [1.807, 2.05) is 0 Å². The molecule has 5 nitrogen and oxygen atoms in total. The maximum Gasteiger partial charge on any atom is 0.573 e. The van der Waals surface area contributed by atoms with Crippen LogP contribution in [0.4, 0.5) is 32.0 Å². The summed E-state index contributed by atoms with van der Waals surface area (Å²) in [6.07, 6.45) is -9.40. The highest BCUT2D eigenvalue weighted by Gasteiger charge is 2.31. The Bertz CT molecular complexity index is 1080. The van der Waals surface area contributed by atoms with Crippen LogP contribution < -0.4 is 9.47 Å². The van der Waals surface area contributed by atoms with E-state index in [1.54, 1.807) is 0 Å². The van der Waals surface area contributed by atoms with Gasteiger partial charge in [-0.3, -0.25) is 10.1 Å². The third-order valence-corrected chi connectivity index (χ3v) is 3.99. The first-order chi connectivity index (χ1) is 14.4. The number of ether oxygens (including phenoxy) is 2. The number of nitro groups is 1. The number of nitrogens with zero attached hydrogens (tertiary/aromatic N) is 1. The molecule has 0 aliphatic heterocycles. The quantitative estimate of drug-likeness (QED) is 0.243. The summed E-state index contributed by atoms with van der Waals surface area (Å²) in [6.45, 7) is 0. The third kappa shape index (κ3) is 5.65. The predicted octanol–water partition coefficient (Wildman–Crippen LogP) is 6.97. The van der Waals surface area contributed by atoms with Crippen LogP contribution in [0.1, 0.15) is 5.56 Å². The number of benzene rings is 3. The average Bonchev–Trinajstić information content (AvgIpc) is 2.67. The Kier molecular flexibility index (Phi) is 5.78. The van der Waals surface area contributed by atoms with Crippen molar-refractivity contribution in [1.82, 2.24) is 0 Å². The molecule has 0 saturated heterocycles. The summed E-state index contributed by atoms with van der Waals surface area (Å²) in [7, 11) is 0. The normalized spacial score (nSPS) is 11.8. The Labute approximate surface area is 170 Å². The van der Waals surface area contributed by atoms with Gasteiger partial charge in [0.25, 0.3) is 0 Å². The van der Waals surface area contributed by atoms with Gasteiger partial charge in [0.05, 0.1) is 10.5 Å². The first-order valence-corrected chi connectivity index (χ1v) is 8.42. The van der Waals surface area contributed by atoms with Gasteiger partial charge in [-0.15, -0.1) is 13.2 Å². The molecule has 11 heteroatoms. The molecule has 0 N–H and O–H groups in total. The zero-order valence-electron chi connectivity index (χ0n) is 15.2. The fourth-order valence-corrected chi connectivity index (χ4v) is 2.61. The van der Waals surface area contributed by atoms with Crippen molar-refractivity contribution in [2.75, 3.05) is 0 Å². The lowest BCUT2D eigenvalue weighted by atomic mass is 10.0. The van der Waals surface area contributed by atoms with Crippen molar-refractivity contribution < 1.29 is 40.7 Å². The van der Waals surface area contributed by atoms with E-state index < -0.39 is 34.5 Å². The number of hydrogen-bond acceptors (Lipinski definition) is 4. The molecule has 0 unspecified atom stereocenters. The van der Waals surface area contributed by atoms with Crippen molar-refractivity contribution in [2.45, 2.75) is 12.5 Å². The van der Waals surface area contributed by atoms with Gasteiger partial charge >= 0.3 is 18.2 Å². The van der Waals surface area contributed by atoms with Gasteiger partial charge in [0.15, 0.2) is 0 Å². The Morgan fingerprint density at radius 1 is 0.742 bits per heavy atom. The van der Waals surface area contributed by atoms with Crippen molar-refractivity contribution >= 4 is 5.69 Å². The number of rotatable bonds is 5. The van der Waals surface area contributed by atoms with Gasteiger partial charge in [-0.1, -0.05) is 12.1 Å². The lowest BCUT2D eigenvalue weighted by Gasteiger charge is -2.11. The molecule has 0 fully saturated rings. The third-order valence-electron chi connectivity index (χ3n) is 3.99.